The molecule has 0 saturated heterocycles. The number of thiol groups is 1. The highest BCUT2D eigenvalue weighted by Gasteiger charge is 2.44. The number of hydrogen-bond acceptors (Lipinski definition) is 9. The molecule has 2 heterocycles. The quantitative estimate of drug-likeness (QED) is 0.0301. The van der Waals surface area contributed by atoms with E-state index in [2.05, 4.69) is 108 Å². The van der Waals surface area contributed by atoms with Crippen LogP contribution in [-0.4, -0.2) is 62.4 Å². The van der Waals surface area contributed by atoms with Crippen molar-refractivity contribution in [3.05, 3.63) is 131 Å². The number of aliphatic carboxylic acids is 1. The van der Waals surface area contributed by atoms with Crippen LogP contribution < -0.4 is 15.1 Å². The number of para-hydroxylation sites is 2. The Balaban J connectivity index is 1.46. The highest BCUT2D eigenvalue weighted by Crippen LogP contribution is 2.51. The number of carboxylic acids is 1. The lowest BCUT2D eigenvalue weighted by Crippen LogP contribution is -2.31. The molecule has 0 fully saturated rings. The summed E-state index contributed by atoms with van der Waals surface area (Å²) in [4.78, 5) is 13.7. The summed E-state index contributed by atoms with van der Waals surface area (Å²) in [5.74, 6) is 0.219. The number of fused-ring (bicyclic) bond motifs is 2. The summed E-state index contributed by atoms with van der Waals surface area (Å²) in [6, 6.07) is 22.4. The summed E-state index contributed by atoms with van der Waals surface area (Å²) in [5, 5.41) is 9.57. The minimum Gasteiger partial charge on any atom is -0.481 e. The van der Waals surface area contributed by atoms with Crippen LogP contribution in [-0.2, 0) is 41.0 Å². The molecule has 14 heteroatoms. The SMILES string of the molecule is CCCC[N+]1=C(/C=C/C2=C(Oc3ccc(S(=O)(=O)O)cc3)C(=C/C=C3/N(CCCNO[SH](=O)=O)c4ccccc4C3(C)CCCC(=O)O)/CCC2)C(C)(C)c2ccccc21. The van der Waals surface area contributed by atoms with Gasteiger partial charge >= 0.3 is 5.97 Å². The van der Waals surface area contributed by atoms with Gasteiger partial charge in [0.05, 0.1) is 10.3 Å². The zero-order valence-corrected chi connectivity index (χ0v) is 36.4. The molecule has 3 aromatic carbocycles. The molecule has 3 N–H and O–H groups in total. The number of nitrogens with zero attached hydrogens (tertiary/aromatic N) is 2. The number of benzene rings is 3. The van der Waals surface area contributed by atoms with E-state index in [9.17, 15) is 31.3 Å². The third kappa shape index (κ3) is 10.0. The first kappa shape index (κ1) is 44.7. The molecule has 1 aliphatic carbocycles. The van der Waals surface area contributed by atoms with Gasteiger partial charge in [0.1, 0.15) is 18.1 Å². The number of unbranched alkanes of at least 4 members (excludes halogenated alkanes) is 1. The second-order valence-electron chi connectivity index (χ2n) is 16.2. The van der Waals surface area contributed by atoms with E-state index in [0.29, 0.717) is 43.7 Å². The molecule has 2 aliphatic heterocycles. The van der Waals surface area contributed by atoms with Crippen molar-refractivity contribution in [1.29, 1.82) is 0 Å². The molecule has 1 unspecified atom stereocenters. The highest BCUT2D eigenvalue weighted by atomic mass is 32.2. The molecule has 0 amide bonds. The Hall–Kier alpha value is -4.86. The fraction of sp³-hybridized carbons (Fsp3) is 0.391. The molecule has 3 aliphatic rings. The number of rotatable bonds is 19. The summed E-state index contributed by atoms with van der Waals surface area (Å²) >= 11 is 0. The van der Waals surface area contributed by atoms with Crippen molar-refractivity contribution in [2.45, 2.75) is 101 Å². The van der Waals surface area contributed by atoms with Crippen molar-refractivity contribution in [1.82, 2.24) is 5.48 Å². The normalized spacial score (nSPS) is 20.2. The van der Waals surface area contributed by atoms with Crippen LogP contribution in [0.15, 0.2) is 125 Å². The van der Waals surface area contributed by atoms with Crippen molar-refractivity contribution in [2.75, 3.05) is 24.5 Å². The van der Waals surface area contributed by atoms with Crippen LogP contribution in [0.4, 0.5) is 11.4 Å². The van der Waals surface area contributed by atoms with Gasteiger partial charge < -0.3 is 14.7 Å². The molecular formula is C46H56N3O9S2+. The maximum absolute atomic E-state index is 11.9. The van der Waals surface area contributed by atoms with Crippen LogP contribution in [0.1, 0.15) is 96.6 Å². The van der Waals surface area contributed by atoms with Crippen LogP contribution in [0.3, 0.4) is 0 Å². The number of nitrogens with one attached hydrogen (secondary N) is 1. The predicted octanol–water partition coefficient (Wildman–Crippen LogP) is 8.46. The third-order valence-corrected chi connectivity index (χ3v) is 12.9. The van der Waals surface area contributed by atoms with E-state index in [1.807, 2.05) is 12.1 Å². The van der Waals surface area contributed by atoms with Gasteiger partial charge in [0, 0.05) is 60.4 Å². The molecule has 0 spiro atoms. The fourth-order valence-electron chi connectivity index (χ4n) is 8.73. The van der Waals surface area contributed by atoms with Crippen molar-refractivity contribution in [3.63, 3.8) is 0 Å². The van der Waals surface area contributed by atoms with E-state index in [1.165, 1.54) is 41.2 Å². The topological polar surface area (TPSA) is 163 Å². The lowest BCUT2D eigenvalue weighted by atomic mass is 9.77. The Kier molecular flexibility index (Phi) is 14.3. The minimum atomic E-state index is -4.40. The molecule has 0 bridgehead atoms. The van der Waals surface area contributed by atoms with Crippen LogP contribution in [0.25, 0.3) is 0 Å². The Bertz CT molecular complexity index is 2420. The molecule has 1 atom stereocenters. The lowest BCUT2D eigenvalue weighted by molar-refractivity contribution is -0.438. The number of allylic oxidation sites excluding steroid dienone is 7. The minimum absolute atomic E-state index is 0.0321. The van der Waals surface area contributed by atoms with E-state index < -0.39 is 32.5 Å². The van der Waals surface area contributed by atoms with Gasteiger partial charge in [-0.15, -0.1) is 0 Å². The first-order chi connectivity index (χ1) is 28.6. The molecule has 60 heavy (non-hydrogen) atoms. The smallest absolute Gasteiger partial charge is 0.303 e. The van der Waals surface area contributed by atoms with Crippen molar-refractivity contribution in [2.24, 2.45) is 0 Å². The first-order valence-corrected chi connectivity index (χ1v) is 23.1. The molecule has 0 radical (unpaired) electrons. The van der Waals surface area contributed by atoms with Gasteiger partial charge in [-0.25, -0.2) is 8.42 Å². The van der Waals surface area contributed by atoms with Gasteiger partial charge in [-0.3, -0.25) is 9.35 Å². The van der Waals surface area contributed by atoms with Crippen molar-refractivity contribution in [3.8, 4) is 5.75 Å². The third-order valence-electron chi connectivity index (χ3n) is 11.7. The standard InChI is InChI=1S/C46H55N3O9S2/c1-5-6-31-48-39-18-9-7-16-37(39)45(2,3)41(48)27-21-33-14-11-15-34(44(33)57-35-23-25-36(26-24-35)60(54,55)56)22-28-42-46(4,29-12-20-43(50)51)38-17-8-10-19-40(38)49(42)32-13-30-47-58-59(52)53/h7-10,16-19,21-28,47,59H,5-6,11-15,20,29-32H2,1-4H3,(H-,50,51,54,55,56)/p+1. The van der Waals surface area contributed by atoms with Crippen molar-refractivity contribution < 1.29 is 44.9 Å². The number of carboxylic acid groups (broad SMARTS) is 1. The van der Waals surface area contributed by atoms with Crippen LogP contribution in [0.5, 0.6) is 5.75 Å². The van der Waals surface area contributed by atoms with E-state index >= 15 is 0 Å². The largest absolute Gasteiger partial charge is 0.481 e. The maximum atomic E-state index is 11.9. The van der Waals surface area contributed by atoms with E-state index in [4.69, 9.17) is 4.74 Å². The van der Waals surface area contributed by atoms with Gasteiger partial charge in [-0.1, -0.05) is 55.8 Å². The molecule has 6 rings (SSSR count). The van der Waals surface area contributed by atoms with E-state index in [0.717, 1.165) is 60.3 Å². The zero-order chi connectivity index (χ0) is 43.1. The molecule has 12 nitrogen and oxygen atoms in total. The average Bonchev–Trinajstić information content (AvgIpc) is 3.57. The van der Waals surface area contributed by atoms with Crippen LogP contribution >= 0.6 is 0 Å². The summed E-state index contributed by atoms with van der Waals surface area (Å²) in [6.45, 7) is 10.6. The Morgan fingerprint density at radius 2 is 1.65 bits per heavy atom. The number of hydrogen-bond donors (Lipinski definition) is 4. The van der Waals surface area contributed by atoms with Crippen LogP contribution in [0, 0.1) is 0 Å². The molecular weight excluding hydrogens is 803 g/mol. The second-order valence-corrected chi connectivity index (χ2v) is 18.2. The van der Waals surface area contributed by atoms with E-state index in [1.54, 1.807) is 0 Å². The fourth-order valence-corrected chi connectivity index (χ4v) is 9.40. The summed E-state index contributed by atoms with van der Waals surface area (Å²) in [5.41, 5.74) is 10.4. The monoisotopic (exact) mass is 858 g/mol. The molecule has 320 valence electrons. The van der Waals surface area contributed by atoms with Crippen molar-refractivity contribution >= 4 is 44.2 Å². The maximum Gasteiger partial charge on any atom is 0.303 e. The van der Waals surface area contributed by atoms with E-state index in [-0.39, 0.29) is 23.3 Å². The Morgan fingerprint density at radius 3 is 2.35 bits per heavy atom. The highest BCUT2D eigenvalue weighted by molar-refractivity contribution is 7.85. The van der Waals surface area contributed by atoms with Gasteiger partial charge in [0.15, 0.2) is 5.71 Å². The number of anilines is 1. The summed E-state index contributed by atoms with van der Waals surface area (Å²) in [6.07, 6.45) is 14.6. The first-order valence-electron chi connectivity index (χ1n) is 20.6. The summed E-state index contributed by atoms with van der Waals surface area (Å²) in [7, 11) is -7.44. The summed E-state index contributed by atoms with van der Waals surface area (Å²) < 4.78 is 69.1. The number of hydroxylamine groups is 1. The average molecular weight is 859 g/mol. The molecule has 3 aromatic rings. The van der Waals surface area contributed by atoms with Gasteiger partial charge in [-0.2, -0.15) is 22.8 Å². The second kappa shape index (κ2) is 19.2. The zero-order valence-electron chi connectivity index (χ0n) is 34.7. The van der Waals surface area contributed by atoms with Gasteiger partial charge in [0.2, 0.25) is 5.69 Å². The Labute approximate surface area is 355 Å². The van der Waals surface area contributed by atoms with Crippen LogP contribution in [0.2, 0.25) is 0 Å². The molecule has 0 saturated carbocycles. The Morgan fingerprint density at radius 1 is 0.933 bits per heavy atom. The lowest BCUT2D eigenvalue weighted by Gasteiger charge is -2.31. The number of ether oxygens (including phenoxy) is 1. The molecule has 0 aromatic heterocycles. The van der Waals surface area contributed by atoms with Gasteiger partial charge in [-0.05, 0) is 118 Å². The number of carbonyl (C=O) groups is 1. The van der Waals surface area contributed by atoms with Gasteiger partial charge in [0.25, 0.3) is 21.1 Å². The predicted molar refractivity (Wildman–Crippen MR) is 234 cm³/mol.